The maximum Gasteiger partial charge on any atom is 0.339 e. The van der Waals surface area contributed by atoms with Gasteiger partial charge in [0.05, 0.1) is 17.7 Å². The van der Waals surface area contributed by atoms with Gasteiger partial charge in [-0.25, -0.2) is 4.79 Å². The number of benzene rings is 2. The first-order valence-corrected chi connectivity index (χ1v) is 8.39. The summed E-state index contributed by atoms with van der Waals surface area (Å²) < 4.78 is 10.8. The van der Waals surface area contributed by atoms with Crippen molar-refractivity contribution >= 4 is 28.5 Å². The molecule has 0 N–H and O–H groups in total. The van der Waals surface area contributed by atoms with E-state index in [4.69, 9.17) is 21.1 Å². The average molecular weight is 356 g/mol. The molecule has 0 saturated heterocycles. The third-order valence-electron chi connectivity index (χ3n) is 3.81. The molecule has 5 heteroatoms. The van der Waals surface area contributed by atoms with E-state index in [2.05, 4.69) is 4.98 Å². The second-order valence-corrected chi connectivity index (χ2v) is 6.08. The normalized spacial score (nSPS) is 10.7. The molecule has 128 valence electrons. The summed E-state index contributed by atoms with van der Waals surface area (Å²) in [6.45, 7) is 4.50. The molecule has 0 fully saturated rings. The number of fused-ring (bicyclic) bond motifs is 1. The topological polar surface area (TPSA) is 48.4 Å². The highest BCUT2D eigenvalue weighted by molar-refractivity contribution is 6.31. The van der Waals surface area contributed by atoms with Crippen LogP contribution in [0.1, 0.15) is 28.4 Å². The van der Waals surface area contributed by atoms with Gasteiger partial charge in [0.1, 0.15) is 12.4 Å². The molecule has 0 aliphatic carbocycles. The smallest absolute Gasteiger partial charge is 0.339 e. The van der Waals surface area contributed by atoms with Crippen LogP contribution in [0.3, 0.4) is 0 Å². The van der Waals surface area contributed by atoms with Crippen LogP contribution >= 0.6 is 11.6 Å². The van der Waals surface area contributed by atoms with Crippen molar-refractivity contribution < 1.29 is 14.3 Å². The molecule has 0 amide bonds. The van der Waals surface area contributed by atoms with Crippen molar-refractivity contribution in [3.8, 4) is 5.75 Å². The number of rotatable bonds is 5. The monoisotopic (exact) mass is 355 g/mol. The molecule has 1 heterocycles. The molecular formula is C20H18ClNO3. The summed E-state index contributed by atoms with van der Waals surface area (Å²) in [6, 6.07) is 13.2. The predicted molar refractivity (Wildman–Crippen MR) is 98.2 cm³/mol. The minimum atomic E-state index is -0.367. The first-order valence-electron chi connectivity index (χ1n) is 8.01. The van der Waals surface area contributed by atoms with E-state index in [1.165, 1.54) is 6.20 Å². The van der Waals surface area contributed by atoms with Crippen molar-refractivity contribution in [2.75, 3.05) is 6.61 Å². The van der Waals surface area contributed by atoms with Gasteiger partial charge >= 0.3 is 5.97 Å². The van der Waals surface area contributed by atoms with Crippen LogP contribution in [-0.4, -0.2) is 17.6 Å². The second kappa shape index (κ2) is 7.53. The van der Waals surface area contributed by atoms with Crippen LogP contribution in [0.15, 0.2) is 48.7 Å². The number of halogens is 1. The first kappa shape index (κ1) is 17.2. The molecule has 4 nitrogen and oxygen atoms in total. The highest BCUT2D eigenvalue weighted by atomic mass is 35.5. The summed E-state index contributed by atoms with van der Waals surface area (Å²) in [6.07, 6.45) is 1.52. The highest BCUT2D eigenvalue weighted by Crippen LogP contribution is 2.22. The maximum atomic E-state index is 11.8. The van der Waals surface area contributed by atoms with Crippen molar-refractivity contribution in [2.24, 2.45) is 0 Å². The molecular weight excluding hydrogens is 338 g/mol. The lowest BCUT2D eigenvalue weighted by molar-refractivity contribution is 0.0526. The van der Waals surface area contributed by atoms with E-state index in [0.717, 1.165) is 27.1 Å². The van der Waals surface area contributed by atoms with Crippen LogP contribution in [0.4, 0.5) is 0 Å². The SMILES string of the molecule is CCOC(=O)c1cnc2cc(OCc3ccc(C)c(Cl)c3)ccc2c1. The maximum absolute atomic E-state index is 11.8. The first-order chi connectivity index (χ1) is 12.1. The van der Waals surface area contributed by atoms with Crippen molar-refractivity contribution in [3.05, 3.63) is 70.4 Å². The third-order valence-corrected chi connectivity index (χ3v) is 4.22. The van der Waals surface area contributed by atoms with E-state index >= 15 is 0 Å². The highest BCUT2D eigenvalue weighted by Gasteiger charge is 2.08. The van der Waals surface area contributed by atoms with E-state index in [1.54, 1.807) is 13.0 Å². The second-order valence-electron chi connectivity index (χ2n) is 5.67. The minimum Gasteiger partial charge on any atom is -0.489 e. The zero-order valence-electron chi connectivity index (χ0n) is 14.1. The molecule has 2 aromatic carbocycles. The van der Waals surface area contributed by atoms with Crippen LogP contribution < -0.4 is 4.74 Å². The van der Waals surface area contributed by atoms with Gasteiger partial charge in [0.2, 0.25) is 0 Å². The summed E-state index contributed by atoms with van der Waals surface area (Å²) in [4.78, 5) is 16.1. The fourth-order valence-electron chi connectivity index (χ4n) is 2.41. The number of aromatic nitrogens is 1. The van der Waals surface area contributed by atoms with Crippen LogP contribution in [0.5, 0.6) is 5.75 Å². The van der Waals surface area contributed by atoms with E-state index in [1.807, 2.05) is 43.3 Å². The molecule has 0 bridgehead atoms. The summed E-state index contributed by atoms with van der Waals surface area (Å²) in [5.74, 6) is 0.342. The molecule has 0 atom stereocenters. The summed E-state index contributed by atoms with van der Waals surface area (Å²) in [5, 5.41) is 1.59. The molecule has 0 unspecified atom stereocenters. The molecule has 25 heavy (non-hydrogen) atoms. The van der Waals surface area contributed by atoms with E-state index in [0.29, 0.717) is 24.5 Å². The van der Waals surface area contributed by atoms with Crippen LogP contribution in [0, 0.1) is 6.92 Å². The molecule has 1 aromatic heterocycles. The zero-order chi connectivity index (χ0) is 17.8. The summed E-state index contributed by atoms with van der Waals surface area (Å²) >= 11 is 6.13. The number of aryl methyl sites for hydroxylation is 1. The Morgan fingerprint density at radius 2 is 2.00 bits per heavy atom. The number of pyridine rings is 1. The molecule has 0 aliphatic rings. The summed E-state index contributed by atoms with van der Waals surface area (Å²) in [5.41, 5.74) is 3.24. The number of nitrogens with zero attached hydrogens (tertiary/aromatic N) is 1. The number of hydrogen-bond donors (Lipinski definition) is 0. The molecule has 0 spiro atoms. The van der Waals surface area contributed by atoms with Crippen LogP contribution in [0.25, 0.3) is 10.9 Å². The average Bonchev–Trinajstić information content (AvgIpc) is 2.62. The molecule has 0 radical (unpaired) electrons. The van der Waals surface area contributed by atoms with Crippen molar-refractivity contribution in [1.82, 2.24) is 4.98 Å². The van der Waals surface area contributed by atoms with Crippen molar-refractivity contribution in [2.45, 2.75) is 20.5 Å². The zero-order valence-corrected chi connectivity index (χ0v) is 14.8. The number of ether oxygens (including phenoxy) is 2. The van der Waals surface area contributed by atoms with Crippen molar-refractivity contribution in [3.63, 3.8) is 0 Å². The fraction of sp³-hybridized carbons (Fsp3) is 0.200. The quantitative estimate of drug-likeness (QED) is 0.607. The van der Waals surface area contributed by atoms with Gasteiger partial charge in [0.15, 0.2) is 0 Å². The van der Waals surface area contributed by atoms with Crippen LogP contribution in [0.2, 0.25) is 5.02 Å². The predicted octanol–water partition coefficient (Wildman–Crippen LogP) is 4.95. The lowest BCUT2D eigenvalue weighted by Crippen LogP contribution is -2.05. The molecule has 3 rings (SSSR count). The van der Waals surface area contributed by atoms with Gasteiger partial charge in [-0.3, -0.25) is 4.98 Å². The van der Waals surface area contributed by atoms with Gasteiger partial charge < -0.3 is 9.47 Å². The van der Waals surface area contributed by atoms with Gasteiger partial charge in [-0.05, 0) is 49.2 Å². The summed E-state index contributed by atoms with van der Waals surface area (Å²) in [7, 11) is 0. The van der Waals surface area contributed by atoms with Gasteiger partial charge in [-0.15, -0.1) is 0 Å². The van der Waals surface area contributed by atoms with E-state index in [-0.39, 0.29) is 5.97 Å². The number of hydrogen-bond acceptors (Lipinski definition) is 4. The Balaban J connectivity index is 1.75. The lowest BCUT2D eigenvalue weighted by atomic mass is 10.1. The Morgan fingerprint density at radius 1 is 1.16 bits per heavy atom. The standard InChI is InChI=1S/C20H18ClNO3/c1-3-24-20(23)16-9-15-6-7-17(10-19(15)22-11-16)25-12-14-5-4-13(2)18(21)8-14/h4-11H,3,12H2,1-2H3. The Morgan fingerprint density at radius 3 is 2.76 bits per heavy atom. The van der Waals surface area contributed by atoms with E-state index < -0.39 is 0 Å². The third kappa shape index (κ3) is 4.09. The molecule has 0 saturated carbocycles. The number of carbonyl (C=O) groups excluding carboxylic acids is 1. The fourth-order valence-corrected chi connectivity index (χ4v) is 2.61. The Labute approximate surface area is 151 Å². The molecule has 3 aromatic rings. The van der Waals surface area contributed by atoms with Gasteiger partial charge in [0.25, 0.3) is 0 Å². The van der Waals surface area contributed by atoms with E-state index in [9.17, 15) is 4.79 Å². The van der Waals surface area contributed by atoms with Gasteiger partial charge in [-0.1, -0.05) is 23.7 Å². The molecule has 0 aliphatic heterocycles. The Kier molecular flexibility index (Phi) is 5.19. The van der Waals surface area contributed by atoms with Crippen molar-refractivity contribution in [1.29, 1.82) is 0 Å². The number of esters is 1. The Bertz CT molecular complexity index is 924. The van der Waals surface area contributed by atoms with Crippen LogP contribution in [-0.2, 0) is 11.3 Å². The minimum absolute atomic E-state index is 0.340. The van der Waals surface area contributed by atoms with Gasteiger partial charge in [-0.2, -0.15) is 0 Å². The number of carbonyl (C=O) groups is 1. The largest absolute Gasteiger partial charge is 0.489 e. The Hall–Kier alpha value is -2.59. The lowest BCUT2D eigenvalue weighted by Gasteiger charge is -2.09. The van der Waals surface area contributed by atoms with Gasteiger partial charge in [0, 0.05) is 22.7 Å².